The zero-order valence-corrected chi connectivity index (χ0v) is 18.3. The van der Waals surface area contributed by atoms with Crippen LogP contribution in [0.4, 0.5) is 8.78 Å². The summed E-state index contributed by atoms with van der Waals surface area (Å²) in [4.78, 5) is 7.30. The molecule has 0 fully saturated rings. The Bertz CT molecular complexity index is 602. The number of aromatic nitrogens is 2. The molecule has 0 radical (unpaired) electrons. The van der Waals surface area contributed by atoms with Crippen molar-refractivity contribution in [2.75, 3.05) is 0 Å². The molecule has 0 aliphatic heterocycles. The van der Waals surface area contributed by atoms with Crippen molar-refractivity contribution in [3.63, 3.8) is 0 Å². The molecule has 0 spiro atoms. The normalized spacial score (nSPS) is 10.1. The summed E-state index contributed by atoms with van der Waals surface area (Å²) < 4.78 is 27.7. The van der Waals surface area contributed by atoms with Crippen LogP contribution in [0.1, 0.15) is 11.4 Å². The first kappa shape index (κ1) is 19.6. The molecule has 0 saturated heterocycles. The first-order chi connectivity index (χ1) is 9.76. The van der Waals surface area contributed by atoms with Gasteiger partial charge in [0.05, 0.1) is 20.3 Å². The Kier molecular flexibility index (Phi) is 8.40. The summed E-state index contributed by atoms with van der Waals surface area (Å²) in [6.07, 6.45) is 0. The lowest BCUT2D eigenvalue weighted by atomic mass is 10.4. The van der Waals surface area contributed by atoms with Gasteiger partial charge in [0.15, 0.2) is 0 Å². The largest absolute Gasteiger partial charge is 0.227 e. The van der Waals surface area contributed by atoms with Gasteiger partial charge in [0.1, 0.15) is 0 Å². The van der Waals surface area contributed by atoms with Crippen LogP contribution in [0.5, 0.6) is 0 Å². The highest BCUT2D eigenvalue weighted by molar-refractivity contribution is 9.11. The molecule has 2 rings (SSSR count). The van der Waals surface area contributed by atoms with Gasteiger partial charge in [0.25, 0.3) is 0 Å². The zero-order chi connectivity index (χ0) is 16.2. The van der Waals surface area contributed by atoms with Crippen molar-refractivity contribution < 1.29 is 8.78 Å². The maximum absolute atomic E-state index is 12.7. The Balaban J connectivity index is 0.000000211. The first-order valence-electron chi connectivity index (χ1n) is 5.30. The topological polar surface area (TPSA) is 25.8 Å². The van der Waals surface area contributed by atoms with E-state index < -0.39 is 11.9 Å². The molecular formula is C12H7Br5F2N2. The van der Waals surface area contributed by atoms with E-state index in [2.05, 4.69) is 89.6 Å². The molecule has 0 amide bonds. The molecule has 21 heavy (non-hydrogen) atoms. The third kappa shape index (κ3) is 5.93. The van der Waals surface area contributed by atoms with Crippen LogP contribution in [0.25, 0.3) is 0 Å². The lowest BCUT2D eigenvalue weighted by Gasteiger charge is -2.00. The molecule has 0 aromatic carbocycles. The Morgan fingerprint density at radius 3 is 1.81 bits per heavy atom. The molecule has 0 aliphatic carbocycles. The summed E-state index contributed by atoms with van der Waals surface area (Å²) >= 11 is 15.7. The van der Waals surface area contributed by atoms with Crippen molar-refractivity contribution in [3.05, 3.63) is 53.3 Å². The van der Waals surface area contributed by atoms with E-state index in [1.807, 2.05) is 0 Å². The number of aryl methyl sites for hydroxylation is 1. The van der Waals surface area contributed by atoms with Gasteiger partial charge in [-0.2, -0.15) is 8.78 Å². The Morgan fingerprint density at radius 1 is 0.857 bits per heavy atom. The van der Waals surface area contributed by atoms with Crippen LogP contribution in [0.3, 0.4) is 0 Å². The summed E-state index contributed by atoms with van der Waals surface area (Å²) in [6, 6.07) is 3.27. The minimum absolute atomic E-state index is 0.370. The second kappa shape index (κ2) is 9.00. The Labute approximate surface area is 162 Å². The van der Waals surface area contributed by atoms with Gasteiger partial charge in [0, 0.05) is 14.3 Å². The van der Waals surface area contributed by atoms with Gasteiger partial charge in [-0.15, -0.1) is 0 Å². The van der Waals surface area contributed by atoms with Crippen molar-refractivity contribution in [2.24, 2.45) is 0 Å². The smallest absolute Gasteiger partial charge is 0.223 e. The fourth-order valence-electron chi connectivity index (χ4n) is 1.10. The zero-order valence-electron chi connectivity index (χ0n) is 10.4. The van der Waals surface area contributed by atoms with Gasteiger partial charge in [-0.05, 0) is 82.8 Å². The van der Waals surface area contributed by atoms with Crippen LogP contribution in [-0.4, -0.2) is 9.97 Å². The fourth-order valence-corrected chi connectivity index (χ4v) is 3.93. The summed E-state index contributed by atoms with van der Waals surface area (Å²) in [5, 5.41) is 0.539. The van der Waals surface area contributed by atoms with E-state index in [0.29, 0.717) is 25.7 Å². The van der Waals surface area contributed by atoms with Crippen molar-refractivity contribution in [1.29, 1.82) is 0 Å². The first-order valence-corrected chi connectivity index (χ1v) is 9.60. The molecule has 0 saturated carbocycles. The summed E-state index contributed by atoms with van der Waals surface area (Å²) in [7, 11) is 0. The van der Waals surface area contributed by atoms with E-state index in [0.717, 1.165) is 8.95 Å². The van der Waals surface area contributed by atoms with Gasteiger partial charge in [-0.1, -0.05) is 15.9 Å². The number of pyridine rings is 2. The number of halogens is 7. The van der Waals surface area contributed by atoms with Crippen LogP contribution in [0.15, 0.2) is 30.0 Å². The van der Waals surface area contributed by atoms with Gasteiger partial charge in [-0.25, -0.2) is 9.97 Å². The van der Waals surface area contributed by atoms with Crippen LogP contribution in [0, 0.1) is 18.8 Å². The maximum atomic E-state index is 12.7. The summed E-state index contributed by atoms with van der Waals surface area (Å²) in [5.41, 5.74) is 1.31. The van der Waals surface area contributed by atoms with E-state index in [-0.39, 0.29) is 0 Å². The minimum Gasteiger partial charge on any atom is -0.223 e. The molecule has 2 aromatic heterocycles. The van der Waals surface area contributed by atoms with Crippen molar-refractivity contribution >= 4 is 79.6 Å². The number of nitrogens with zero attached hydrogens (tertiary/aromatic N) is 2. The molecule has 114 valence electrons. The second-order valence-corrected chi connectivity index (χ2v) is 7.63. The third-order valence-corrected chi connectivity index (χ3v) is 5.28. The molecule has 9 heteroatoms. The van der Waals surface area contributed by atoms with E-state index >= 15 is 0 Å². The molecule has 0 unspecified atom stereocenters. The molecule has 0 aliphatic rings. The van der Waals surface area contributed by atoms with Gasteiger partial charge >= 0.3 is 0 Å². The highest BCUT2D eigenvalue weighted by atomic mass is 79.9. The maximum Gasteiger partial charge on any atom is 0.227 e. The summed E-state index contributed by atoms with van der Waals surface area (Å²) in [5.74, 6) is -0.955. The minimum atomic E-state index is -0.484. The molecule has 2 heterocycles. The van der Waals surface area contributed by atoms with Gasteiger partial charge in [-0.3, -0.25) is 0 Å². The van der Waals surface area contributed by atoms with Crippen LogP contribution >= 0.6 is 79.6 Å². The predicted octanol–water partition coefficient (Wildman–Crippen LogP) is 6.69. The molecular weight excluding hydrogens is 610 g/mol. The predicted molar refractivity (Wildman–Crippen MR) is 96.6 cm³/mol. The highest BCUT2D eigenvalue weighted by Crippen LogP contribution is 2.23. The number of rotatable bonds is 1. The van der Waals surface area contributed by atoms with Crippen LogP contribution < -0.4 is 0 Å². The molecule has 0 atom stereocenters. The SMILES string of the molecule is Cc1nc(F)c(Br)cc1Br.Fc1nc(CBr)c(Br)cc1Br. The van der Waals surface area contributed by atoms with Crippen LogP contribution in [-0.2, 0) is 5.33 Å². The van der Waals surface area contributed by atoms with E-state index in [1.165, 1.54) is 0 Å². The molecule has 2 aromatic rings. The van der Waals surface area contributed by atoms with Crippen molar-refractivity contribution in [3.8, 4) is 0 Å². The molecule has 0 N–H and O–H groups in total. The molecule has 0 bridgehead atoms. The number of hydrogen-bond acceptors (Lipinski definition) is 2. The van der Waals surface area contributed by atoms with Crippen molar-refractivity contribution in [2.45, 2.75) is 12.3 Å². The Hall–Kier alpha value is 0.560. The molecule has 2 nitrogen and oxygen atoms in total. The van der Waals surface area contributed by atoms with Gasteiger partial charge in [0.2, 0.25) is 11.9 Å². The van der Waals surface area contributed by atoms with Crippen LogP contribution in [0.2, 0.25) is 0 Å². The number of alkyl halides is 1. The fraction of sp³-hybridized carbons (Fsp3) is 0.167. The quantitative estimate of drug-likeness (QED) is 0.264. The number of hydrogen-bond donors (Lipinski definition) is 0. The highest BCUT2D eigenvalue weighted by Gasteiger charge is 2.06. The average molecular weight is 617 g/mol. The van der Waals surface area contributed by atoms with Crippen molar-refractivity contribution in [1.82, 2.24) is 9.97 Å². The third-order valence-electron chi connectivity index (χ3n) is 2.15. The van der Waals surface area contributed by atoms with E-state index in [1.54, 1.807) is 19.1 Å². The lowest BCUT2D eigenvalue weighted by molar-refractivity contribution is 0.571. The second-order valence-electron chi connectivity index (χ2n) is 3.65. The van der Waals surface area contributed by atoms with E-state index in [4.69, 9.17) is 0 Å². The van der Waals surface area contributed by atoms with E-state index in [9.17, 15) is 8.78 Å². The monoisotopic (exact) mass is 612 g/mol. The average Bonchev–Trinajstić information content (AvgIpc) is 2.41. The summed E-state index contributed by atoms with van der Waals surface area (Å²) in [6.45, 7) is 1.74. The lowest BCUT2D eigenvalue weighted by Crippen LogP contribution is -1.92. The standard InChI is InChI=1S/C6H3Br3FN.C6H4Br2FN/c7-2-5-3(8)1-4(9)6(10)11-5;1-3-4(7)2-5(8)6(9)10-3/h1H,2H2;2H,1H3. The Morgan fingerprint density at radius 2 is 1.33 bits per heavy atom. The van der Waals surface area contributed by atoms with Gasteiger partial charge < -0.3 is 0 Å².